The molecule has 114 valence electrons. The topological polar surface area (TPSA) is 107 Å². The van der Waals surface area contributed by atoms with Crippen LogP contribution in [-0.4, -0.2) is 30.6 Å². The normalized spacial score (nSPS) is 17.2. The van der Waals surface area contributed by atoms with Crippen LogP contribution < -0.4 is 11.1 Å². The number of ether oxygens (including phenoxy) is 1. The Labute approximate surface area is 120 Å². The molecule has 1 aliphatic heterocycles. The number of carbonyl (C=O) groups is 1. The van der Waals surface area contributed by atoms with E-state index in [9.17, 15) is 19.3 Å². The minimum absolute atomic E-state index is 0.0364. The summed E-state index contributed by atoms with van der Waals surface area (Å²) < 4.78 is 18.3. The van der Waals surface area contributed by atoms with Crippen molar-refractivity contribution in [1.29, 1.82) is 0 Å². The molecule has 1 fully saturated rings. The highest BCUT2D eigenvalue weighted by Gasteiger charge is 2.39. The van der Waals surface area contributed by atoms with Crippen LogP contribution in [0.5, 0.6) is 0 Å². The number of carbonyl (C=O) groups excluding carboxylic acids is 1. The minimum Gasteiger partial charge on any atom is -0.381 e. The summed E-state index contributed by atoms with van der Waals surface area (Å²) in [5.41, 5.74) is 4.38. The summed E-state index contributed by atoms with van der Waals surface area (Å²) in [6, 6.07) is 3.01. The van der Waals surface area contributed by atoms with Crippen LogP contribution in [0, 0.1) is 21.3 Å². The van der Waals surface area contributed by atoms with E-state index >= 15 is 0 Å². The molecule has 1 aliphatic rings. The van der Waals surface area contributed by atoms with Crippen molar-refractivity contribution in [2.45, 2.75) is 12.8 Å². The van der Waals surface area contributed by atoms with Crippen molar-refractivity contribution in [3.05, 3.63) is 34.1 Å². The summed E-state index contributed by atoms with van der Waals surface area (Å²) in [5, 5.41) is 13.4. The maximum absolute atomic E-state index is 13.1. The Balaban J connectivity index is 2.24. The fraction of sp³-hybridized carbons (Fsp3) is 0.462. The Morgan fingerprint density at radius 3 is 2.71 bits per heavy atom. The fourth-order valence-corrected chi connectivity index (χ4v) is 2.30. The van der Waals surface area contributed by atoms with Gasteiger partial charge in [-0.05, 0) is 25.0 Å². The molecule has 7 nitrogen and oxygen atoms in total. The molecule has 1 heterocycles. The number of amides is 1. The third-order valence-electron chi connectivity index (χ3n) is 3.73. The van der Waals surface area contributed by atoms with Gasteiger partial charge in [-0.25, -0.2) is 4.39 Å². The van der Waals surface area contributed by atoms with Crippen molar-refractivity contribution in [1.82, 2.24) is 0 Å². The van der Waals surface area contributed by atoms with E-state index in [1.165, 1.54) is 6.07 Å². The summed E-state index contributed by atoms with van der Waals surface area (Å²) in [6.45, 7) is 0.948. The Bertz CT molecular complexity index is 558. The van der Waals surface area contributed by atoms with Crippen LogP contribution in [0.1, 0.15) is 12.8 Å². The second kappa shape index (κ2) is 6.15. The molecule has 0 atom stereocenters. The van der Waals surface area contributed by atoms with Crippen molar-refractivity contribution in [3.63, 3.8) is 0 Å². The van der Waals surface area contributed by atoms with Gasteiger partial charge in [0, 0.05) is 19.8 Å². The first kappa shape index (κ1) is 15.3. The molecule has 0 aromatic heterocycles. The van der Waals surface area contributed by atoms with Gasteiger partial charge in [0.05, 0.1) is 16.4 Å². The van der Waals surface area contributed by atoms with Crippen molar-refractivity contribution in [3.8, 4) is 0 Å². The maximum Gasteiger partial charge on any atom is 0.295 e. The van der Waals surface area contributed by atoms with Crippen LogP contribution in [0.3, 0.4) is 0 Å². The molecule has 1 aromatic carbocycles. The Hall–Kier alpha value is -2.06. The number of anilines is 1. The van der Waals surface area contributed by atoms with E-state index < -0.39 is 27.8 Å². The van der Waals surface area contributed by atoms with E-state index in [1.807, 2.05) is 0 Å². The largest absolute Gasteiger partial charge is 0.381 e. The van der Waals surface area contributed by atoms with Crippen LogP contribution in [0.25, 0.3) is 0 Å². The third-order valence-corrected chi connectivity index (χ3v) is 3.73. The zero-order chi connectivity index (χ0) is 15.5. The molecular weight excluding hydrogens is 281 g/mol. The van der Waals surface area contributed by atoms with E-state index in [-0.39, 0.29) is 12.2 Å². The maximum atomic E-state index is 13.1. The van der Waals surface area contributed by atoms with Gasteiger partial charge < -0.3 is 15.8 Å². The van der Waals surface area contributed by atoms with Crippen LogP contribution in [-0.2, 0) is 9.53 Å². The summed E-state index contributed by atoms with van der Waals surface area (Å²) >= 11 is 0. The lowest BCUT2D eigenvalue weighted by molar-refractivity contribution is -0.384. The molecule has 0 unspecified atom stereocenters. The van der Waals surface area contributed by atoms with Gasteiger partial charge in [0.2, 0.25) is 5.91 Å². The van der Waals surface area contributed by atoms with Crippen molar-refractivity contribution in [2.24, 2.45) is 11.1 Å². The lowest BCUT2D eigenvalue weighted by Crippen LogP contribution is -2.46. The number of hydrogen-bond acceptors (Lipinski definition) is 5. The number of rotatable bonds is 4. The van der Waals surface area contributed by atoms with Crippen LogP contribution in [0.4, 0.5) is 15.8 Å². The van der Waals surface area contributed by atoms with Gasteiger partial charge >= 0.3 is 0 Å². The van der Waals surface area contributed by atoms with E-state index in [0.29, 0.717) is 26.1 Å². The molecule has 0 radical (unpaired) electrons. The summed E-state index contributed by atoms with van der Waals surface area (Å²) in [5.74, 6) is -1.14. The molecule has 8 heteroatoms. The van der Waals surface area contributed by atoms with E-state index in [4.69, 9.17) is 10.5 Å². The molecule has 2 rings (SSSR count). The molecule has 1 amide bonds. The molecule has 0 aliphatic carbocycles. The van der Waals surface area contributed by atoms with Gasteiger partial charge in [-0.2, -0.15) is 0 Å². The zero-order valence-corrected chi connectivity index (χ0v) is 11.3. The standard InChI is InChI=1S/C13H16FN3O4/c14-9-1-2-10(11(7-9)17(19)20)16-12(18)13(8-15)3-5-21-6-4-13/h1-2,7H,3-6,8,15H2,(H,16,18). The summed E-state index contributed by atoms with van der Waals surface area (Å²) in [7, 11) is 0. The van der Waals surface area contributed by atoms with Gasteiger partial charge in [0.15, 0.2) is 0 Å². The fourth-order valence-electron chi connectivity index (χ4n) is 2.30. The number of halogens is 1. The summed E-state index contributed by atoms with van der Waals surface area (Å²) in [4.78, 5) is 22.6. The smallest absolute Gasteiger partial charge is 0.295 e. The number of nitro benzene ring substituents is 1. The Morgan fingerprint density at radius 2 is 2.14 bits per heavy atom. The molecule has 3 N–H and O–H groups in total. The lowest BCUT2D eigenvalue weighted by atomic mass is 9.79. The monoisotopic (exact) mass is 297 g/mol. The van der Waals surface area contributed by atoms with Crippen LogP contribution in [0.15, 0.2) is 18.2 Å². The number of hydrogen-bond donors (Lipinski definition) is 2. The average Bonchev–Trinajstić information content (AvgIpc) is 2.49. The molecular formula is C13H16FN3O4. The number of nitrogens with zero attached hydrogens (tertiary/aromatic N) is 1. The quantitative estimate of drug-likeness (QED) is 0.645. The highest BCUT2D eigenvalue weighted by atomic mass is 19.1. The number of nitro groups is 1. The van der Waals surface area contributed by atoms with Crippen molar-refractivity contribution in [2.75, 3.05) is 25.1 Å². The van der Waals surface area contributed by atoms with Gasteiger partial charge in [0.1, 0.15) is 11.5 Å². The highest BCUT2D eigenvalue weighted by Crippen LogP contribution is 2.33. The molecule has 0 bridgehead atoms. The number of nitrogens with two attached hydrogens (primary N) is 1. The van der Waals surface area contributed by atoms with Crippen molar-refractivity contribution < 1.29 is 18.8 Å². The van der Waals surface area contributed by atoms with E-state index in [1.54, 1.807) is 0 Å². The second-order valence-corrected chi connectivity index (χ2v) is 4.97. The number of nitrogens with one attached hydrogen (secondary N) is 1. The van der Waals surface area contributed by atoms with Gasteiger partial charge in [0.25, 0.3) is 5.69 Å². The SMILES string of the molecule is NCC1(C(=O)Nc2ccc(F)cc2[N+](=O)[O-])CCOCC1. The van der Waals surface area contributed by atoms with Gasteiger partial charge in [-0.1, -0.05) is 0 Å². The molecule has 0 saturated carbocycles. The first-order valence-electron chi connectivity index (χ1n) is 6.52. The van der Waals surface area contributed by atoms with Crippen LogP contribution >= 0.6 is 0 Å². The van der Waals surface area contributed by atoms with E-state index in [2.05, 4.69) is 5.32 Å². The van der Waals surface area contributed by atoms with Crippen molar-refractivity contribution >= 4 is 17.3 Å². The summed E-state index contributed by atoms with van der Waals surface area (Å²) in [6.07, 6.45) is 0.897. The second-order valence-electron chi connectivity index (χ2n) is 4.97. The Morgan fingerprint density at radius 1 is 1.48 bits per heavy atom. The van der Waals surface area contributed by atoms with Gasteiger partial charge in [-0.15, -0.1) is 0 Å². The van der Waals surface area contributed by atoms with Crippen LogP contribution in [0.2, 0.25) is 0 Å². The lowest BCUT2D eigenvalue weighted by Gasteiger charge is -2.34. The highest BCUT2D eigenvalue weighted by molar-refractivity contribution is 5.97. The first-order valence-corrected chi connectivity index (χ1v) is 6.52. The first-order chi connectivity index (χ1) is 9.98. The van der Waals surface area contributed by atoms with E-state index in [0.717, 1.165) is 12.1 Å². The zero-order valence-electron chi connectivity index (χ0n) is 11.3. The number of benzene rings is 1. The molecule has 1 saturated heterocycles. The predicted molar refractivity (Wildman–Crippen MR) is 73.2 cm³/mol. The van der Waals surface area contributed by atoms with Gasteiger partial charge in [-0.3, -0.25) is 14.9 Å². The third kappa shape index (κ3) is 3.17. The molecule has 1 aromatic rings. The predicted octanol–water partition coefficient (Wildman–Crippen LogP) is 1.43. The average molecular weight is 297 g/mol. The Kier molecular flexibility index (Phi) is 4.49. The minimum atomic E-state index is -0.805. The molecule has 21 heavy (non-hydrogen) atoms. The molecule has 0 spiro atoms.